The van der Waals surface area contributed by atoms with Gasteiger partial charge in [-0.05, 0) is 60.2 Å². The number of hydrogen-bond donors (Lipinski definition) is 4. The van der Waals surface area contributed by atoms with Crippen molar-refractivity contribution >= 4 is 17.8 Å². The van der Waals surface area contributed by atoms with Gasteiger partial charge in [-0.25, -0.2) is 8.78 Å². The summed E-state index contributed by atoms with van der Waals surface area (Å²) in [6.07, 6.45) is 6.37. The molecule has 0 radical (unpaired) electrons. The number of rotatable bonds is 12. The third-order valence-electron chi connectivity index (χ3n) is 6.41. The minimum atomic E-state index is -0.960. The van der Waals surface area contributed by atoms with E-state index in [4.69, 9.17) is 0 Å². The Labute approximate surface area is 205 Å². The second kappa shape index (κ2) is 12.0. The molecule has 3 rings (SSSR count). The number of carbonyl (C=O) groups is 1. The first-order chi connectivity index (χ1) is 16.8. The van der Waals surface area contributed by atoms with Gasteiger partial charge in [0.2, 0.25) is 5.91 Å². The standard InChI is InChI=1S/C27H34F2N4O2/c1-4-20-16-27(20,21-7-5-8-24(14-21)31-10-6-9-30-3)32-17-26(35)25(33-18(2)34)13-19-11-22(28)15-23(29)12-19/h5-12,14-15,20,25-26,31-32,35H,4,13,16-17H2,1-3H3,(H,33,34)/b10-6-,30-9?. The molecule has 0 aromatic heterocycles. The summed E-state index contributed by atoms with van der Waals surface area (Å²) in [5.41, 5.74) is 2.14. The highest BCUT2D eigenvalue weighted by Gasteiger charge is 2.54. The summed E-state index contributed by atoms with van der Waals surface area (Å²) in [4.78, 5) is 15.7. The van der Waals surface area contributed by atoms with Gasteiger partial charge in [-0.1, -0.05) is 25.5 Å². The van der Waals surface area contributed by atoms with Gasteiger partial charge in [0.05, 0.1) is 12.1 Å². The van der Waals surface area contributed by atoms with Crippen LogP contribution in [0.15, 0.2) is 59.7 Å². The largest absolute Gasteiger partial charge is 0.390 e. The van der Waals surface area contributed by atoms with Gasteiger partial charge < -0.3 is 21.1 Å². The monoisotopic (exact) mass is 484 g/mol. The molecule has 35 heavy (non-hydrogen) atoms. The predicted molar refractivity (Wildman–Crippen MR) is 135 cm³/mol. The third kappa shape index (κ3) is 7.19. The molecular formula is C27H34F2N4O2. The first-order valence-electron chi connectivity index (χ1n) is 11.9. The summed E-state index contributed by atoms with van der Waals surface area (Å²) >= 11 is 0. The molecule has 1 aliphatic carbocycles. The van der Waals surface area contributed by atoms with Crippen LogP contribution < -0.4 is 16.0 Å². The topological polar surface area (TPSA) is 85.8 Å². The van der Waals surface area contributed by atoms with Crippen molar-refractivity contribution in [3.05, 3.63) is 77.5 Å². The number of halogens is 2. The lowest BCUT2D eigenvalue weighted by molar-refractivity contribution is -0.120. The normalized spacial score (nSPS) is 21.3. The maximum Gasteiger partial charge on any atom is 0.217 e. The Morgan fingerprint density at radius 3 is 2.63 bits per heavy atom. The number of aliphatic imine (C=N–C) groups is 1. The lowest BCUT2D eigenvalue weighted by atomic mass is 9.97. The molecule has 0 spiro atoms. The highest BCUT2D eigenvalue weighted by Crippen LogP contribution is 2.54. The van der Waals surface area contributed by atoms with Crippen LogP contribution in [0.4, 0.5) is 14.5 Å². The second-order valence-corrected chi connectivity index (χ2v) is 9.01. The summed E-state index contributed by atoms with van der Waals surface area (Å²) in [6, 6.07) is 10.7. The molecule has 8 heteroatoms. The van der Waals surface area contributed by atoms with Crippen molar-refractivity contribution in [2.75, 3.05) is 18.9 Å². The Hall–Kier alpha value is -3.10. The minimum Gasteiger partial charge on any atom is -0.390 e. The van der Waals surface area contributed by atoms with Crippen molar-refractivity contribution in [2.24, 2.45) is 10.9 Å². The van der Waals surface area contributed by atoms with Crippen molar-refractivity contribution in [2.45, 2.75) is 50.8 Å². The molecule has 2 aromatic carbocycles. The lowest BCUT2D eigenvalue weighted by Gasteiger charge is -2.28. The van der Waals surface area contributed by atoms with E-state index in [1.54, 1.807) is 13.3 Å². The van der Waals surface area contributed by atoms with E-state index in [9.17, 15) is 18.7 Å². The zero-order valence-electron chi connectivity index (χ0n) is 20.4. The Morgan fingerprint density at radius 2 is 2.00 bits per heavy atom. The van der Waals surface area contributed by atoms with Crippen molar-refractivity contribution in [1.82, 2.24) is 10.6 Å². The number of hydrogen-bond acceptors (Lipinski definition) is 5. The Balaban J connectivity index is 1.73. The van der Waals surface area contributed by atoms with E-state index < -0.39 is 23.8 Å². The fourth-order valence-electron chi connectivity index (χ4n) is 4.61. The van der Waals surface area contributed by atoms with Gasteiger partial charge in [0.1, 0.15) is 11.6 Å². The number of benzene rings is 2. The van der Waals surface area contributed by atoms with Crippen molar-refractivity contribution in [3.8, 4) is 0 Å². The predicted octanol–water partition coefficient (Wildman–Crippen LogP) is 3.91. The maximum absolute atomic E-state index is 13.7. The summed E-state index contributed by atoms with van der Waals surface area (Å²) in [5.74, 6) is -1.30. The third-order valence-corrected chi connectivity index (χ3v) is 6.41. The molecule has 0 heterocycles. The molecule has 4 atom stereocenters. The van der Waals surface area contributed by atoms with Gasteiger partial charge in [-0.15, -0.1) is 0 Å². The van der Waals surface area contributed by atoms with Crippen molar-refractivity contribution in [1.29, 1.82) is 0 Å². The van der Waals surface area contributed by atoms with Gasteiger partial charge in [0.15, 0.2) is 0 Å². The van der Waals surface area contributed by atoms with E-state index >= 15 is 0 Å². The summed E-state index contributed by atoms with van der Waals surface area (Å²) < 4.78 is 27.3. The molecule has 1 aliphatic rings. The average Bonchev–Trinajstić information content (AvgIpc) is 3.54. The molecule has 1 fully saturated rings. The van der Waals surface area contributed by atoms with Crippen LogP contribution in [0.3, 0.4) is 0 Å². The molecular weight excluding hydrogens is 450 g/mol. The van der Waals surface area contributed by atoms with Crippen molar-refractivity contribution < 1.29 is 18.7 Å². The number of amides is 1. The zero-order valence-corrected chi connectivity index (χ0v) is 20.4. The summed E-state index contributed by atoms with van der Waals surface area (Å²) in [6.45, 7) is 3.70. The van der Waals surface area contributed by atoms with Crippen LogP contribution in [0, 0.1) is 17.6 Å². The molecule has 1 amide bonds. The van der Waals surface area contributed by atoms with Crippen LogP contribution in [-0.2, 0) is 16.8 Å². The van der Waals surface area contributed by atoms with Gasteiger partial charge in [0.25, 0.3) is 0 Å². The molecule has 0 saturated heterocycles. The minimum absolute atomic E-state index is 0.105. The molecule has 0 aliphatic heterocycles. The number of carbonyl (C=O) groups excluding carboxylic acids is 1. The van der Waals surface area contributed by atoms with Crippen LogP contribution in [-0.4, -0.2) is 43.0 Å². The van der Waals surface area contributed by atoms with Crippen LogP contribution >= 0.6 is 0 Å². The number of anilines is 1. The average molecular weight is 485 g/mol. The van der Waals surface area contributed by atoms with Crippen LogP contribution in [0.1, 0.15) is 37.8 Å². The van der Waals surface area contributed by atoms with Gasteiger partial charge >= 0.3 is 0 Å². The fourth-order valence-corrected chi connectivity index (χ4v) is 4.61. The first-order valence-corrected chi connectivity index (χ1v) is 11.9. The molecule has 0 bridgehead atoms. The number of aliphatic hydroxyl groups is 1. The van der Waals surface area contributed by atoms with Gasteiger partial charge in [-0.2, -0.15) is 0 Å². The molecule has 1 saturated carbocycles. The fraction of sp³-hybridized carbons (Fsp3) is 0.407. The quantitative estimate of drug-likeness (QED) is 0.344. The Morgan fingerprint density at radius 1 is 1.26 bits per heavy atom. The molecule has 188 valence electrons. The lowest BCUT2D eigenvalue weighted by Crippen LogP contribution is -2.50. The Kier molecular flexibility index (Phi) is 9.12. The Bertz CT molecular complexity index is 1050. The van der Waals surface area contributed by atoms with Crippen LogP contribution in [0.5, 0.6) is 0 Å². The van der Waals surface area contributed by atoms with E-state index in [0.717, 1.165) is 30.2 Å². The summed E-state index contributed by atoms with van der Waals surface area (Å²) in [7, 11) is 1.71. The van der Waals surface area contributed by atoms with Crippen molar-refractivity contribution in [3.63, 3.8) is 0 Å². The highest BCUT2D eigenvalue weighted by molar-refractivity contribution is 5.73. The van der Waals surface area contributed by atoms with Crippen LogP contribution in [0.25, 0.3) is 0 Å². The maximum atomic E-state index is 13.7. The number of nitrogens with one attached hydrogen (secondary N) is 3. The molecule has 2 aromatic rings. The highest BCUT2D eigenvalue weighted by atomic mass is 19.1. The first kappa shape index (κ1) is 26.5. The smallest absolute Gasteiger partial charge is 0.217 e. The van der Waals surface area contributed by atoms with E-state index in [1.807, 2.05) is 24.4 Å². The van der Waals surface area contributed by atoms with Crippen LogP contribution in [0.2, 0.25) is 0 Å². The van der Waals surface area contributed by atoms with E-state index in [0.29, 0.717) is 11.5 Å². The SMILES string of the molecule is CCC1CC1(NCC(O)C(Cc1cc(F)cc(F)c1)NC(C)=O)c1cccc(N/C=C\C=NC)c1. The van der Waals surface area contributed by atoms with E-state index in [-0.39, 0.29) is 24.4 Å². The van der Waals surface area contributed by atoms with Gasteiger partial charge in [0, 0.05) is 50.2 Å². The van der Waals surface area contributed by atoms with E-state index in [2.05, 4.69) is 40.0 Å². The number of nitrogens with zero attached hydrogens (tertiary/aromatic N) is 1. The molecule has 4 unspecified atom stereocenters. The second-order valence-electron chi connectivity index (χ2n) is 9.01. The number of aliphatic hydroxyl groups excluding tert-OH is 1. The van der Waals surface area contributed by atoms with Gasteiger partial charge in [-0.3, -0.25) is 9.79 Å². The van der Waals surface area contributed by atoms with E-state index in [1.165, 1.54) is 19.1 Å². The number of allylic oxidation sites excluding steroid dienone is 1. The zero-order chi connectivity index (χ0) is 25.4. The molecule has 4 N–H and O–H groups in total. The summed E-state index contributed by atoms with van der Waals surface area (Å²) in [5, 5.41) is 20.5. The molecule has 6 nitrogen and oxygen atoms in total.